The van der Waals surface area contributed by atoms with Crippen molar-refractivity contribution in [2.24, 2.45) is 0 Å². The van der Waals surface area contributed by atoms with Crippen molar-refractivity contribution in [3.63, 3.8) is 0 Å². The average Bonchev–Trinajstić information content (AvgIpc) is 3.17. The van der Waals surface area contributed by atoms with Crippen LogP contribution in [0.5, 0.6) is 5.75 Å². The minimum Gasteiger partial charge on any atom is -0.488 e. The fraction of sp³-hybridized carbons (Fsp3) is 0.211. The van der Waals surface area contributed by atoms with E-state index in [2.05, 4.69) is 16.4 Å². The molecule has 1 amide bonds. The monoisotopic (exact) mass is 306 g/mol. The largest absolute Gasteiger partial charge is 0.488 e. The molecule has 0 fully saturated rings. The van der Waals surface area contributed by atoms with E-state index < -0.39 is 0 Å². The summed E-state index contributed by atoms with van der Waals surface area (Å²) in [6, 6.07) is 16.0. The van der Waals surface area contributed by atoms with Crippen LogP contribution in [0.15, 0.2) is 54.7 Å². The number of H-pyrrole nitrogens is 1. The van der Waals surface area contributed by atoms with Gasteiger partial charge in [0.05, 0.1) is 13.0 Å². The van der Waals surface area contributed by atoms with Gasteiger partial charge in [-0.05, 0) is 23.3 Å². The maximum absolute atomic E-state index is 12.2. The Balaban J connectivity index is 1.35. The minimum atomic E-state index is 0.0225. The molecular formula is C19H18N2O2. The van der Waals surface area contributed by atoms with Gasteiger partial charge < -0.3 is 15.0 Å². The number of aromatic amines is 1. The van der Waals surface area contributed by atoms with Gasteiger partial charge in [0.2, 0.25) is 5.91 Å². The lowest BCUT2D eigenvalue weighted by molar-refractivity contribution is -0.120. The quantitative estimate of drug-likeness (QED) is 0.779. The lowest BCUT2D eigenvalue weighted by Gasteiger charge is -2.11. The highest BCUT2D eigenvalue weighted by atomic mass is 16.5. The predicted molar refractivity (Wildman–Crippen MR) is 89.6 cm³/mol. The van der Waals surface area contributed by atoms with Crippen molar-refractivity contribution in [3.8, 4) is 5.75 Å². The number of amides is 1. The van der Waals surface area contributed by atoms with Crippen LogP contribution >= 0.6 is 0 Å². The van der Waals surface area contributed by atoms with E-state index in [-0.39, 0.29) is 12.0 Å². The van der Waals surface area contributed by atoms with Crippen molar-refractivity contribution in [1.82, 2.24) is 10.3 Å². The molecule has 2 aromatic carbocycles. The third kappa shape index (κ3) is 2.80. The maximum atomic E-state index is 12.2. The SMILES string of the molecule is O=C(Cc1c[nH]c2ccccc12)NC[C@H]1Cc2ccccc2O1. The van der Waals surface area contributed by atoms with Gasteiger partial charge in [-0.2, -0.15) is 0 Å². The molecule has 1 aliphatic heterocycles. The molecule has 0 aliphatic carbocycles. The fourth-order valence-corrected chi connectivity index (χ4v) is 3.11. The Hall–Kier alpha value is -2.75. The second kappa shape index (κ2) is 5.80. The molecule has 1 aliphatic rings. The van der Waals surface area contributed by atoms with E-state index >= 15 is 0 Å². The highest BCUT2D eigenvalue weighted by molar-refractivity contribution is 5.88. The normalized spacial score (nSPS) is 16.1. The number of aromatic nitrogens is 1. The summed E-state index contributed by atoms with van der Waals surface area (Å²) in [4.78, 5) is 15.4. The lowest BCUT2D eigenvalue weighted by Crippen LogP contribution is -2.35. The van der Waals surface area contributed by atoms with Crippen molar-refractivity contribution >= 4 is 16.8 Å². The minimum absolute atomic E-state index is 0.0225. The second-order valence-electron chi connectivity index (χ2n) is 5.89. The highest BCUT2D eigenvalue weighted by Crippen LogP contribution is 2.27. The van der Waals surface area contributed by atoms with Crippen molar-refractivity contribution in [2.75, 3.05) is 6.54 Å². The number of benzene rings is 2. The summed E-state index contributed by atoms with van der Waals surface area (Å²) in [5, 5.41) is 4.09. The summed E-state index contributed by atoms with van der Waals surface area (Å²) in [6.07, 6.45) is 3.17. The number of para-hydroxylation sites is 2. The van der Waals surface area contributed by atoms with E-state index in [1.54, 1.807) is 0 Å². The van der Waals surface area contributed by atoms with Gasteiger partial charge >= 0.3 is 0 Å². The Morgan fingerprint density at radius 3 is 2.91 bits per heavy atom. The van der Waals surface area contributed by atoms with Crippen LogP contribution in [0.25, 0.3) is 10.9 Å². The average molecular weight is 306 g/mol. The first-order valence-corrected chi connectivity index (χ1v) is 7.86. The van der Waals surface area contributed by atoms with Crippen LogP contribution < -0.4 is 10.1 Å². The Morgan fingerprint density at radius 1 is 1.17 bits per heavy atom. The number of fused-ring (bicyclic) bond motifs is 2. The molecule has 0 unspecified atom stereocenters. The van der Waals surface area contributed by atoms with Gasteiger partial charge in [0.15, 0.2) is 0 Å². The molecule has 1 atom stereocenters. The fourth-order valence-electron chi connectivity index (χ4n) is 3.11. The summed E-state index contributed by atoms with van der Waals surface area (Å²) >= 11 is 0. The van der Waals surface area contributed by atoms with Crippen LogP contribution in [0.4, 0.5) is 0 Å². The van der Waals surface area contributed by atoms with Crippen LogP contribution in [0, 0.1) is 0 Å². The second-order valence-corrected chi connectivity index (χ2v) is 5.89. The summed E-state index contributed by atoms with van der Waals surface area (Å²) in [6.45, 7) is 0.538. The van der Waals surface area contributed by atoms with Crippen molar-refractivity contribution in [1.29, 1.82) is 0 Å². The van der Waals surface area contributed by atoms with E-state index in [0.717, 1.165) is 28.6 Å². The van der Waals surface area contributed by atoms with Crippen molar-refractivity contribution in [2.45, 2.75) is 18.9 Å². The number of carbonyl (C=O) groups excluding carboxylic acids is 1. The van der Waals surface area contributed by atoms with Gasteiger partial charge in [0.25, 0.3) is 0 Å². The number of rotatable bonds is 4. The first kappa shape index (κ1) is 13.9. The number of nitrogens with one attached hydrogen (secondary N) is 2. The van der Waals surface area contributed by atoms with Crippen molar-refractivity contribution < 1.29 is 9.53 Å². The smallest absolute Gasteiger partial charge is 0.224 e. The van der Waals surface area contributed by atoms with Gasteiger partial charge in [-0.15, -0.1) is 0 Å². The maximum Gasteiger partial charge on any atom is 0.224 e. The Bertz CT molecular complexity index is 828. The molecule has 0 bridgehead atoms. The molecule has 4 heteroatoms. The van der Waals surface area contributed by atoms with Crippen LogP contribution in [-0.2, 0) is 17.6 Å². The summed E-state index contributed by atoms with van der Waals surface area (Å²) < 4.78 is 5.84. The van der Waals surface area contributed by atoms with Crippen LogP contribution in [-0.4, -0.2) is 23.5 Å². The van der Waals surface area contributed by atoms with Gasteiger partial charge in [-0.25, -0.2) is 0 Å². The number of hydrogen-bond acceptors (Lipinski definition) is 2. The van der Waals surface area contributed by atoms with Crippen molar-refractivity contribution in [3.05, 3.63) is 65.9 Å². The zero-order valence-electron chi connectivity index (χ0n) is 12.7. The van der Waals surface area contributed by atoms with Gasteiger partial charge in [-0.3, -0.25) is 4.79 Å². The molecule has 0 spiro atoms. The standard InChI is InChI=1S/C19H18N2O2/c22-19(10-14-11-20-17-7-3-2-6-16(14)17)21-12-15-9-13-5-1-4-8-18(13)23-15/h1-8,11,15,20H,9-10,12H2,(H,21,22)/t15-/m1/s1. The van der Waals surface area contributed by atoms with E-state index in [4.69, 9.17) is 4.74 Å². The Morgan fingerprint density at radius 2 is 2.00 bits per heavy atom. The number of ether oxygens (including phenoxy) is 1. The topological polar surface area (TPSA) is 54.1 Å². The molecule has 4 nitrogen and oxygen atoms in total. The third-order valence-corrected chi connectivity index (χ3v) is 4.27. The molecule has 4 rings (SSSR count). The first-order valence-electron chi connectivity index (χ1n) is 7.86. The van der Waals surface area contributed by atoms with E-state index in [9.17, 15) is 4.79 Å². The summed E-state index contributed by atoms with van der Waals surface area (Å²) in [5.74, 6) is 0.956. The lowest BCUT2D eigenvalue weighted by atomic mass is 10.1. The molecule has 0 radical (unpaired) electrons. The molecule has 2 N–H and O–H groups in total. The van der Waals surface area contributed by atoms with Gasteiger partial charge in [0, 0.05) is 23.5 Å². The molecule has 0 saturated carbocycles. The Kier molecular flexibility index (Phi) is 3.50. The molecule has 116 valence electrons. The molecule has 3 aromatic rings. The van der Waals surface area contributed by atoms with Gasteiger partial charge in [-0.1, -0.05) is 36.4 Å². The number of carbonyl (C=O) groups is 1. The molecular weight excluding hydrogens is 288 g/mol. The molecule has 1 aromatic heterocycles. The molecule has 0 saturated heterocycles. The third-order valence-electron chi connectivity index (χ3n) is 4.27. The summed E-state index contributed by atoms with van der Waals surface area (Å²) in [7, 11) is 0. The predicted octanol–water partition coefficient (Wildman–Crippen LogP) is 2.83. The summed E-state index contributed by atoms with van der Waals surface area (Å²) in [5.41, 5.74) is 3.29. The van der Waals surface area contributed by atoms with Crippen LogP contribution in [0.1, 0.15) is 11.1 Å². The van der Waals surface area contributed by atoms with E-state index in [1.165, 1.54) is 5.56 Å². The van der Waals surface area contributed by atoms with Crippen LogP contribution in [0.2, 0.25) is 0 Å². The van der Waals surface area contributed by atoms with Crippen LogP contribution in [0.3, 0.4) is 0 Å². The Labute approximate surface area is 134 Å². The highest BCUT2D eigenvalue weighted by Gasteiger charge is 2.22. The zero-order chi connectivity index (χ0) is 15.6. The number of hydrogen-bond donors (Lipinski definition) is 2. The zero-order valence-corrected chi connectivity index (χ0v) is 12.7. The molecule has 23 heavy (non-hydrogen) atoms. The first-order chi connectivity index (χ1) is 11.3. The van der Waals surface area contributed by atoms with E-state index in [0.29, 0.717) is 13.0 Å². The van der Waals surface area contributed by atoms with E-state index in [1.807, 2.05) is 48.7 Å². The molecule has 2 heterocycles. The van der Waals surface area contributed by atoms with Gasteiger partial charge in [0.1, 0.15) is 11.9 Å².